The number of ether oxygens (including phenoxy) is 1. The second kappa shape index (κ2) is 5.01. The maximum absolute atomic E-state index is 11.3. The molecular weight excluding hydrogens is 218 g/mol. The van der Waals surface area contributed by atoms with Crippen molar-refractivity contribution >= 4 is 16.9 Å². The second-order valence-electron chi connectivity index (χ2n) is 3.83. The van der Waals surface area contributed by atoms with E-state index in [1.807, 2.05) is 24.3 Å². The number of esters is 1. The van der Waals surface area contributed by atoms with Gasteiger partial charge < -0.3 is 14.9 Å². The average molecular weight is 233 g/mol. The normalized spacial score (nSPS) is 12.6. The Bertz CT molecular complexity index is 518. The lowest BCUT2D eigenvalue weighted by Crippen LogP contribution is -2.17. The number of fused-ring (bicyclic) bond motifs is 1. The van der Waals surface area contributed by atoms with Gasteiger partial charge in [0, 0.05) is 11.4 Å². The lowest BCUT2D eigenvalue weighted by atomic mass is 10.0. The van der Waals surface area contributed by atoms with Crippen LogP contribution in [0.3, 0.4) is 0 Å². The standard InChI is InChI=1S/C13H15NO3/c1-2-16-13(15)8-11(14)10-4-3-9-5-6-17-12(9)7-10/h3-7,11H,2,8,14H2,1H3. The Morgan fingerprint density at radius 1 is 1.47 bits per heavy atom. The summed E-state index contributed by atoms with van der Waals surface area (Å²) < 4.78 is 10.2. The van der Waals surface area contributed by atoms with Crippen molar-refractivity contribution in [2.75, 3.05) is 6.61 Å². The molecular formula is C13H15NO3. The Hall–Kier alpha value is -1.81. The summed E-state index contributed by atoms with van der Waals surface area (Å²) in [5.41, 5.74) is 7.60. The van der Waals surface area contributed by atoms with Crippen LogP contribution in [-0.2, 0) is 9.53 Å². The molecule has 0 radical (unpaired) electrons. The van der Waals surface area contributed by atoms with Gasteiger partial charge in [-0.1, -0.05) is 12.1 Å². The van der Waals surface area contributed by atoms with Crippen molar-refractivity contribution in [1.82, 2.24) is 0 Å². The molecule has 0 spiro atoms. The van der Waals surface area contributed by atoms with E-state index in [9.17, 15) is 4.79 Å². The highest BCUT2D eigenvalue weighted by molar-refractivity contribution is 5.78. The molecule has 4 nitrogen and oxygen atoms in total. The molecule has 17 heavy (non-hydrogen) atoms. The van der Waals surface area contributed by atoms with Gasteiger partial charge in [0.1, 0.15) is 5.58 Å². The smallest absolute Gasteiger partial charge is 0.307 e. The van der Waals surface area contributed by atoms with Crippen LogP contribution in [0.25, 0.3) is 11.0 Å². The lowest BCUT2D eigenvalue weighted by Gasteiger charge is -2.10. The first-order valence-corrected chi connectivity index (χ1v) is 5.59. The molecule has 2 rings (SSSR count). The highest BCUT2D eigenvalue weighted by atomic mass is 16.5. The van der Waals surface area contributed by atoms with Crippen LogP contribution in [0.1, 0.15) is 24.9 Å². The van der Waals surface area contributed by atoms with Crippen LogP contribution in [0.2, 0.25) is 0 Å². The Kier molecular flexibility index (Phi) is 3.44. The van der Waals surface area contributed by atoms with Crippen LogP contribution >= 0.6 is 0 Å². The molecule has 2 aromatic rings. The lowest BCUT2D eigenvalue weighted by molar-refractivity contribution is -0.143. The molecule has 90 valence electrons. The van der Waals surface area contributed by atoms with E-state index in [4.69, 9.17) is 14.9 Å². The topological polar surface area (TPSA) is 65.5 Å². The Balaban J connectivity index is 2.12. The third-order valence-electron chi connectivity index (χ3n) is 2.60. The molecule has 1 heterocycles. The summed E-state index contributed by atoms with van der Waals surface area (Å²) in [6.45, 7) is 2.15. The van der Waals surface area contributed by atoms with Gasteiger partial charge in [-0.2, -0.15) is 0 Å². The highest BCUT2D eigenvalue weighted by Crippen LogP contribution is 2.22. The summed E-state index contributed by atoms with van der Waals surface area (Å²) >= 11 is 0. The van der Waals surface area contributed by atoms with Crippen molar-refractivity contribution in [3.05, 3.63) is 36.1 Å². The molecule has 4 heteroatoms. The Morgan fingerprint density at radius 2 is 2.29 bits per heavy atom. The number of benzene rings is 1. The van der Waals surface area contributed by atoms with E-state index in [-0.39, 0.29) is 18.4 Å². The van der Waals surface area contributed by atoms with Gasteiger partial charge in [-0.3, -0.25) is 4.79 Å². The van der Waals surface area contributed by atoms with Crippen molar-refractivity contribution in [3.63, 3.8) is 0 Å². The molecule has 1 unspecified atom stereocenters. The van der Waals surface area contributed by atoms with Gasteiger partial charge in [0.25, 0.3) is 0 Å². The molecule has 0 amide bonds. The molecule has 1 aromatic carbocycles. The van der Waals surface area contributed by atoms with Crippen molar-refractivity contribution in [3.8, 4) is 0 Å². The molecule has 0 saturated heterocycles. The zero-order valence-electron chi connectivity index (χ0n) is 9.68. The number of carbonyl (C=O) groups excluding carboxylic acids is 1. The van der Waals surface area contributed by atoms with Crippen LogP contribution in [0.4, 0.5) is 0 Å². The minimum absolute atomic E-state index is 0.181. The maximum Gasteiger partial charge on any atom is 0.307 e. The summed E-state index contributed by atoms with van der Waals surface area (Å²) in [5, 5.41) is 1.03. The fourth-order valence-corrected chi connectivity index (χ4v) is 1.72. The number of nitrogens with two attached hydrogens (primary N) is 1. The van der Waals surface area contributed by atoms with Gasteiger partial charge in [0.05, 0.1) is 19.3 Å². The van der Waals surface area contributed by atoms with Crippen LogP contribution in [0.5, 0.6) is 0 Å². The fourth-order valence-electron chi connectivity index (χ4n) is 1.72. The van der Waals surface area contributed by atoms with Crippen LogP contribution in [0.15, 0.2) is 34.9 Å². The quantitative estimate of drug-likeness (QED) is 0.823. The van der Waals surface area contributed by atoms with E-state index in [0.717, 1.165) is 16.5 Å². The average Bonchev–Trinajstić information content (AvgIpc) is 2.75. The SMILES string of the molecule is CCOC(=O)CC(N)c1ccc2ccoc2c1. The van der Waals surface area contributed by atoms with Gasteiger partial charge in [-0.05, 0) is 24.6 Å². The second-order valence-corrected chi connectivity index (χ2v) is 3.83. The largest absolute Gasteiger partial charge is 0.466 e. The molecule has 2 N–H and O–H groups in total. The first-order chi connectivity index (χ1) is 8.20. The monoisotopic (exact) mass is 233 g/mol. The van der Waals surface area contributed by atoms with Gasteiger partial charge in [-0.25, -0.2) is 0 Å². The highest BCUT2D eigenvalue weighted by Gasteiger charge is 2.13. The zero-order chi connectivity index (χ0) is 12.3. The zero-order valence-corrected chi connectivity index (χ0v) is 9.68. The Labute approximate surface area is 99.3 Å². The molecule has 0 aliphatic carbocycles. The summed E-state index contributed by atoms with van der Waals surface area (Å²) in [4.78, 5) is 11.3. The van der Waals surface area contributed by atoms with Gasteiger partial charge in [0.15, 0.2) is 0 Å². The fraction of sp³-hybridized carbons (Fsp3) is 0.308. The minimum atomic E-state index is -0.358. The van der Waals surface area contributed by atoms with E-state index >= 15 is 0 Å². The van der Waals surface area contributed by atoms with Crippen LogP contribution in [-0.4, -0.2) is 12.6 Å². The Morgan fingerprint density at radius 3 is 3.06 bits per heavy atom. The molecule has 0 bridgehead atoms. The third-order valence-corrected chi connectivity index (χ3v) is 2.60. The summed E-state index contributed by atoms with van der Waals surface area (Å²) in [6, 6.07) is 7.22. The van der Waals surface area contributed by atoms with Crippen LogP contribution < -0.4 is 5.73 Å². The van der Waals surface area contributed by atoms with Crippen molar-refractivity contribution in [2.45, 2.75) is 19.4 Å². The molecule has 1 aromatic heterocycles. The molecule has 0 fully saturated rings. The summed E-state index contributed by atoms with van der Waals surface area (Å²) in [7, 11) is 0. The molecule has 0 aliphatic heterocycles. The van der Waals surface area contributed by atoms with E-state index < -0.39 is 0 Å². The van der Waals surface area contributed by atoms with Gasteiger partial charge in [-0.15, -0.1) is 0 Å². The number of hydrogen-bond acceptors (Lipinski definition) is 4. The number of carbonyl (C=O) groups is 1. The number of furan rings is 1. The molecule has 0 aliphatic rings. The predicted molar refractivity (Wildman–Crippen MR) is 64.4 cm³/mol. The van der Waals surface area contributed by atoms with E-state index in [1.54, 1.807) is 13.2 Å². The molecule has 0 saturated carbocycles. The first-order valence-electron chi connectivity index (χ1n) is 5.59. The minimum Gasteiger partial charge on any atom is -0.466 e. The van der Waals surface area contributed by atoms with E-state index in [1.165, 1.54) is 0 Å². The van der Waals surface area contributed by atoms with E-state index in [0.29, 0.717) is 6.61 Å². The van der Waals surface area contributed by atoms with Crippen LogP contribution in [0, 0.1) is 0 Å². The number of rotatable bonds is 4. The van der Waals surface area contributed by atoms with E-state index in [2.05, 4.69) is 0 Å². The number of hydrogen-bond donors (Lipinski definition) is 1. The first kappa shape index (κ1) is 11.7. The third kappa shape index (κ3) is 2.65. The molecule has 1 atom stereocenters. The van der Waals surface area contributed by atoms with Crippen molar-refractivity contribution in [2.24, 2.45) is 5.73 Å². The van der Waals surface area contributed by atoms with Gasteiger partial charge in [0.2, 0.25) is 0 Å². The predicted octanol–water partition coefficient (Wildman–Crippen LogP) is 2.39. The summed E-state index contributed by atoms with van der Waals surface area (Å²) in [5.74, 6) is -0.278. The van der Waals surface area contributed by atoms with Crippen molar-refractivity contribution < 1.29 is 13.9 Å². The summed E-state index contributed by atoms with van der Waals surface area (Å²) in [6.07, 6.45) is 1.81. The van der Waals surface area contributed by atoms with Gasteiger partial charge >= 0.3 is 5.97 Å². The van der Waals surface area contributed by atoms with Crippen molar-refractivity contribution in [1.29, 1.82) is 0 Å². The maximum atomic E-state index is 11.3.